The fraction of sp³-hybridized carbons (Fsp3) is 0.120. The van der Waals surface area contributed by atoms with Crippen LogP contribution in [0.15, 0.2) is 77.7 Å². The van der Waals surface area contributed by atoms with E-state index < -0.39 is 6.09 Å². The Labute approximate surface area is 185 Å². The van der Waals surface area contributed by atoms with Gasteiger partial charge in [-0.25, -0.2) is 4.79 Å². The molecule has 31 heavy (non-hydrogen) atoms. The van der Waals surface area contributed by atoms with Crippen molar-refractivity contribution in [2.24, 2.45) is 0 Å². The van der Waals surface area contributed by atoms with Crippen molar-refractivity contribution in [3.63, 3.8) is 0 Å². The monoisotopic (exact) mass is 427 g/mol. The topological polar surface area (TPSA) is 88.1 Å². The third-order valence-electron chi connectivity index (χ3n) is 5.23. The molecule has 6 heteroatoms. The molecule has 0 atom stereocenters. The highest BCUT2D eigenvalue weighted by Gasteiger charge is 2.28. The number of nitrogens with two attached hydrogens (primary N) is 1. The van der Waals surface area contributed by atoms with Gasteiger partial charge < -0.3 is 15.8 Å². The largest absolute Gasteiger partial charge is 0.449 e. The molecule has 0 radical (unpaired) electrons. The number of thiocyanates is 1. The minimum Gasteiger partial charge on any atom is -0.449 e. The van der Waals surface area contributed by atoms with Gasteiger partial charge in [0.15, 0.2) is 0 Å². The molecule has 0 fully saturated rings. The van der Waals surface area contributed by atoms with Gasteiger partial charge in [0.25, 0.3) is 0 Å². The minimum absolute atomic E-state index is 0.0360. The number of benzene rings is 3. The van der Waals surface area contributed by atoms with Crippen molar-refractivity contribution in [2.75, 3.05) is 18.9 Å². The van der Waals surface area contributed by atoms with Crippen LogP contribution < -0.4 is 11.1 Å². The Morgan fingerprint density at radius 2 is 1.77 bits per heavy atom. The van der Waals surface area contributed by atoms with Crippen LogP contribution in [0.25, 0.3) is 17.2 Å². The predicted molar refractivity (Wildman–Crippen MR) is 124 cm³/mol. The maximum Gasteiger partial charge on any atom is 0.407 e. The lowest BCUT2D eigenvalue weighted by Crippen LogP contribution is -2.26. The molecule has 0 aliphatic heterocycles. The van der Waals surface area contributed by atoms with Crippen molar-refractivity contribution in [3.05, 3.63) is 89.5 Å². The molecule has 5 nitrogen and oxygen atoms in total. The Morgan fingerprint density at radius 1 is 1.10 bits per heavy atom. The predicted octanol–water partition coefficient (Wildman–Crippen LogP) is 5.39. The van der Waals surface area contributed by atoms with E-state index in [1.165, 1.54) is 22.3 Å². The zero-order valence-corrected chi connectivity index (χ0v) is 17.6. The van der Waals surface area contributed by atoms with Crippen LogP contribution in [0.4, 0.5) is 10.5 Å². The highest BCUT2D eigenvalue weighted by atomic mass is 32.2. The summed E-state index contributed by atoms with van der Waals surface area (Å²) in [6.07, 6.45) is 3.15. The summed E-state index contributed by atoms with van der Waals surface area (Å²) in [4.78, 5) is 13.0. The van der Waals surface area contributed by atoms with E-state index in [2.05, 4.69) is 29.6 Å². The summed E-state index contributed by atoms with van der Waals surface area (Å²) < 4.78 is 5.52. The van der Waals surface area contributed by atoms with Gasteiger partial charge in [0.05, 0.1) is 0 Å². The second-order valence-corrected chi connectivity index (χ2v) is 7.95. The smallest absolute Gasteiger partial charge is 0.407 e. The molecule has 0 heterocycles. The number of fused-ring (bicyclic) bond motifs is 3. The number of hydrogen-bond donors (Lipinski definition) is 2. The van der Waals surface area contributed by atoms with Crippen molar-refractivity contribution in [3.8, 4) is 16.5 Å². The zero-order valence-electron chi connectivity index (χ0n) is 16.7. The molecular formula is C25H21N3O2S. The Kier molecular flexibility index (Phi) is 6.25. The number of nitrogens with one attached hydrogen (secondary N) is 1. The molecular weight excluding hydrogens is 406 g/mol. The second-order valence-electron chi connectivity index (χ2n) is 7.09. The number of nitriles is 1. The Balaban J connectivity index is 1.33. The number of carbonyl (C=O) groups excluding carboxylic acids is 1. The molecule has 1 aliphatic carbocycles. The molecule has 1 amide bonds. The molecule has 0 aromatic heterocycles. The van der Waals surface area contributed by atoms with E-state index >= 15 is 0 Å². The van der Waals surface area contributed by atoms with Crippen LogP contribution in [0, 0.1) is 10.7 Å². The number of alkyl carbamates (subject to hydrolysis) is 1. The lowest BCUT2D eigenvalue weighted by Gasteiger charge is -2.14. The molecule has 3 N–H and O–H groups in total. The summed E-state index contributed by atoms with van der Waals surface area (Å²) in [5.41, 5.74) is 12.1. The van der Waals surface area contributed by atoms with Crippen LogP contribution in [-0.4, -0.2) is 19.2 Å². The highest BCUT2D eigenvalue weighted by molar-refractivity contribution is 8.03. The summed E-state index contributed by atoms with van der Waals surface area (Å²) in [6.45, 7) is 0.593. The van der Waals surface area contributed by atoms with Gasteiger partial charge in [0.1, 0.15) is 12.0 Å². The number of thioether (sulfide) groups is 1. The van der Waals surface area contributed by atoms with Gasteiger partial charge in [-0.1, -0.05) is 60.7 Å². The molecule has 0 bridgehead atoms. The normalized spacial score (nSPS) is 12.2. The van der Waals surface area contributed by atoms with Crippen molar-refractivity contribution < 1.29 is 9.53 Å². The van der Waals surface area contributed by atoms with Crippen LogP contribution in [0.2, 0.25) is 0 Å². The van der Waals surface area contributed by atoms with Gasteiger partial charge in [0.2, 0.25) is 0 Å². The molecule has 1 aliphatic rings. The maximum absolute atomic E-state index is 12.2. The van der Waals surface area contributed by atoms with Crippen LogP contribution in [0.1, 0.15) is 22.6 Å². The number of carbonyl (C=O) groups is 1. The number of nitrogen functional groups attached to an aromatic ring is 1. The van der Waals surface area contributed by atoms with E-state index in [0.717, 1.165) is 22.2 Å². The van der Waals surface area contributed by atoms with Crippen LogP contribution in [-0.2, 0) is 4.74 Å². The Bertz CT molecular complexity index is 1140. The van der Waals surface area contributed by atoms with E-state index in [-0.39, 0.29) is 12.5 Å². The van der Waals surface area contributed by atoms with Crippen molar-refractivity contribution in [2.45, 2.75) is 10.8 Å². The number of hydrogen-bond acceptors (Lipinski definition) is 5. The first-order valence-corrected chi connectivity index (χ1v) is 10.7. The van der Waals surface area contributed by atoms with Crippen LogP contribution in [0.3, 0.4) is 0 Å². The number of nitrogens with zero attached hydrogens (tertiary/aromatic N) is 1. The molecule has 0 spiro atoms. The third-order valence-corrected chi connectivity index (χ3v) is 5.81. The lowest BCUT2D eigenvalue weighted by molar-refractivity contribution is 0.144. The lowest BCUT2D eigenvalue weighted by atomic mass is 9.98. The first-order valence-electron chi connectivity index (χ1n) is 9.88. The highest BCUT2D eigenvalue weighted by Crippen LogP contribution is 2.44. The summed E-state index contributed by atoms with van der Waals surface area (Å²) in [5, 5.41) is 13.6. The maximum atomic E-state index is 12.2. The summed E-state index contributed by atoms with van der Waals surface area (Å²) >= 11 is 1.08. The van der Waals surface area contributed by atoms with E-state index in [1.54, 1.807) is 18.2 Å². The fourth-order valence-electron chi connectivity index (χ4n) is 3.79. The van der Waals surface area contributed by atoms with E-state index in [1.807, 2.05) is 41.8 Å². The molecule has 0 unspecified atom stereocenters. The van der Waals surface area contributed by atoms with Gasteiger partial charge in [-0.3, -0.25) is 0 Å². The van der Waals surface area contributed by atoms with E-state index in [4.69, 9.17) is 15.7 Å². The summed E-state index contributed by atoms with van der Waals surface area (Å²) in [7, 11) is 0. The average molecular weight is 428 g/mol. The second kappa shape index (κ2) is 9.41. The minimum atomic E-state index is -0.465. The summed E-state index contributed by atoms with van der Waals surface area (Å²) in [5.74, 6) is 0.0360. The number of anilines is 1. The van der Waals surface area contributed by atoms with Crippen molar-refractivity contribution in [1.82, 2.24) is 5.32 Å². The third kappa shape index (κ3) is 4.57. The SMILES string of the molecule is N#CSc1ccc(N)c(C=CCNC(=O)OCC2c3ccccc3-c3ccccc32)c1. The van der Waals surface area contributed by atoms with Gasteiger partial charge in [-0.05, 0) is 57.8 Å². The quantitative estimate of drug-likeness (QED) is 0.313. The average Bonchev–Trinajstić information content (AvgIpc) is 3.11. The standard InChI is InChI=1S/C25H21N3O2S/c26-16-31-18-11-12-24(27)17(14-18)6-5-13-28-25(29)30-15-23-21-9-3-1-7-19(21)20-8-2-4-10-22(20)23/h1-12,14,23H,13,15,27H2,(H,28,29). The number of rotatable bonds is 6. The van der Waals surface area contributed by atoms with Crippen molar-refractivity contribution in [1.29, 1.82) is 5.26 Å². The molecule has 4 rings (SSSR count). The zero-order chi connectivity index (χ0) is 21.6. The van der Waals surface area contributed by atoms with Gasteiger partial charge in [-0.15, -0.1) is 0 Å². The Morgan fingerprint density at radius 3 is 2.45 bits per heavy atom. The number of amides is 1. The molecule has 0 saturated carbocycles. The first kappa shape index (κ1) is 20.6. The number of ether oxygens (including phenoxy) is 1. The summed E-state index contributed by atoms with van der Waals surface area (Å²) in [6, 6.07) is 21.9. The van der Waals surface area contributed by atoms with Crippen molar-refractivity contribution >= 4 is 29.6 Å². The molecule has 3 aromatic carbocycles. The molecule has 3 aromatic rings. The van der Waals surface area contributed by atoms with Crippen LogP contribution >= 0.6 is 11.8 Å². The van der Waals surface area contributed by atoms with Gasteiger partial charge >= 0.3 is 6.09 Å². The van der Waals surface area contributed by atoms with Crippen LogP contribution in [0.5, 0.6) is 0 Å². The molecule has 154 valence electrons. The fourth-order valence-corrected chi connectivity index (χ4v) is 4.22. The first-order chi connectivity index (χ1) is 15.2. The van der Waals surface area contributed by atoms with Gasteiger partial charge in [-0.2, -0.15) is 5.26 Å². The van der Waals surface area contributed by atoms with E-state index in [0.29, 0.717) is 12.2 Å². The Hall–Kier alpha value is -3.69. The van der Waals surface area contributed by atoms with Gasteiger partial charge in [0, 0.05) is 23.0 Å². The molecule has 0 saturated heterocycles. The van der Waals surface area contributed by atoms with E-state index in [9.17, 15) is 4.79 Å².